The van der Waals surface area contributed by atoms with Gasteiger partial charge < -0.3 is 9.84 Å². The Morgan fingerprint density at radius 3 is 2.80 bits per heavy atom. The van der Waals surface area contributed by atoms with Gasteiger partial charge in [0.05, 0.1) is 4.47 Å². The van der Waals surface area contributed by atoms with Gasteiger partial charge in [0.15, 0.2) is 6.10 Å². The highest BCUT2D eigenvalue weighted by molar-refractivity contribution is 9.10. The molecule has 1 unspecified atom stereocenters. The normalized spacial score (nSPS) is 17.1. The first-order valence-corrected chi connectivity index (χ1v) is 7.04. The van der Waals surface area contributed by atoms with Crippen molar-refractivity contribution >= 4 is 33.6 Å². The van der Waals surface area contributed by atoms with E-state index in [2.05, 4.69) is 15.9 Å². The van der Waals surface area contributed by atoms with E-state index in [9.17, 15) is 9.50 Å². The van der Waals surface area contributed by atoms with Crippen molar-refractivity contribution in [2.24, 2.45) is 0 Å². The molecule has 3 rings (SSSR count). The molecule has 0 fully saturated rings. The summed E-state index contributed by atoms with van der Waals surface area (Å²) in [6, 6.07) is 9.73. The maximum atomic E-state index is 14.0. The van der Waals surface area contributed by atoms with Gasteiger partial charge in [-0.3, -0.25) is 0 Å². The SMILES string of the molecule is OC1=Cc2cccc(Br)c2OC1c1ccc(Cl)cc1F. The zero-order valence-electron chi connectivity index (χ0n) is 10.1. The van der Waals surface area contributed by atoms with Gasteiger partial charge in [-0.2, -0.15) is 0 Å². The van der Waals surface area contributed by atoms with Gasteiger partial charge in [0, 0.05) is 16.1 Å². The fourth-order valence-electron chi connectivity index (χ4n) is 2.11. The molecule has 0 amide bonds. The number of benzene rings is 2. The largest absolute Gasteiger partial charge is 0.508 e. The molecule has 102 valence electrons. The number of aliphatic hydroxyl groups is 1. The van der Waals surface area contributed by atoms with Crippen molar-refractivity contribution in [1.29, 1.82) is 0 Å². The molecule has 20 heavy (non-hydrogen) atoms. The van der Waals surface area contributed by atoms with Crippen LogP contribution < -0.4 is 4.74 Å². The third kappa shape index (κ3) is 2.30. The minimum Gasteiger partial charge on any atom is -0.508 e. The maximum Gasteiger partial charge on any atom is 0.183 e. The Balaban J connectivity index is 2.07. The second-order valence-corrected chi connectivity index (χ2v) is 5.68. The molecule has 1 aliphatic rings. The molecule has 1 aliphatic heterocycles. The van der Waals surface area contributed by atoms with E-state index in [-0.39, 0.29) is 11.3 Å². The van der Waals surface area contributed by atoms with Crippen LogP contribution in [-0.2, 0) is 0 Å². The predicted octanol–water partition coefficient (Wildman–Crippen LogP) is 5.27. The van der Waals surface area contributed by atoms with Crippen LogP contribution in [0.2, 0.25) is 5.02 Å². The number of halogens is 3. The van der Waals surface area contributed by atoms with E-state index in [0.29, 0.717) is 10.8 Å². The highest BCUT2D eigenvalue weighted by Gasteiger charge is 2.27. The van der Waals surface area contributed by atoms with Crippen molar-refractivity contribution in [1.82, 2.24) is 0 Å². The minimum atomic E-state index is -0.876. The second kappa shape index (κ2) is 5.11. The summed E-state index contributed by atoms with van der Waals surface area (Å²) in [5, 5.41) is 10.4. The molecule has 0 bridgehead atoms. The van der Waals surface area contributed by atoms with E-state index in [4.69, 9.17) is 16.3 Å². The molecular formula is C15H9BrClFO2. The Hall–Kier alpha value is -1.52. The molecule has 1 atom stereocenters. The first kappa shape index (κ1) is 13.5. The van der Waals surface area contributed by atoms with Gasteiger partial charge in [-0.15, -0.1) is 0 Å². The number of rotatable bonds is 1. The van der Waals surface area contributed by atoms with Crippen LogP contribution in [0.1, 0.15) is 17.2 Å². The molecule has 2 aromatic rings. The summed E-state index contributed by atoms with van der Waals surface area (Å²) >= 11 is 9.11. The Kier molecular flexibility index (Phi) is 3.44. The summed E-state index contributed by atoms with van der Waals surface area (Å²) in [6.07, 6.45) is 0.695. The molecule has 0 saturated carbocycles. The second-order valence-electron chi connectivity index (χ2n) is 4.39. The summed E-state index contributed by atoms with van der Waals surface area (Å²) < 4.78 is 20.5. The van der Waals surface area contributed by atoms with E-state index >= 15 is 0 Å². The third-order valence-corrected chi connectivity index (χ3v) is 3.91. The van der Waals surface area contributed by atoms with Crippen LogP contribution in [-0.4, -0.2) is 5.11 Å². The van der Waals surface area contributed by atoms with E-state index in [1.54, 1.807) is 12.1 Å². The first-order chi connectivity index (χ1) is 9.56. The Labute approximate surface area is 128 Å². The lowest BCUT2D eigenvalue weighted by molar-refractivity contribution is 0.170. The van der Waals surface area contributed by atoms with Crippen LogP contribution in [0.3, 0.4) is 0 Å². The van der Waals surface area contributed by atoms with Gasteiger partial charge in [-0.05, 0) is 40.2 Å². The molecule has 2 aromatic carbocycles. The Morgan fingerprint density at radius 1 is 1.25 bits per heavy atom. The molecule has 1 N–H and O–H groups in total. The fourth-order valence-corrected chi connectivity index (χ4v) is 2.75. The van der Waals surface area contributed by atoms with Crippen molar-refractivity contribution in [2.75, 3.05) is 0 Å². The van der Waals surface area contributed by atoms with Gasteiger partial charge in [-0.1, -0.05) is 29.8 Å². The zero-order valence-corrected chi connectivity index (χ0v) is 12.5. The van der Waals surface area contributed by atoms with Crippen molar-refractivity contribution < 1.29 is 14.2 Å². The molecule has 0 aliphatic carbocycles. The van der Waals surface area contributed by atoms with Crippen molar-refractivity contribution in [3.8, 4) is 5.75 Å². The summed E-state index contributed by atoms with van der Waals surface area (Å²) in [5.41, 5.74) is 0.979. The molecule has 0 radical (unpaired) electrons. The number of aliphatic hydroxyl groups excluding tert-OH is 1. The van der Waals surface area contributed by atoms with Gasteiger partial charge in [0.25, 0.3) is 0 Å². The first-order valence-electron chi connectivity index (χ1n) is 5.87. The standard InChI is InChI=1S/C15H9BrClFO2/c16-11-3-1-2-8-6-13(19)15(20-14(8)11)10-5-4-9(17)7-12(10)18/h1-7,15,19H. The van der Waals surface area contributed by atoms with Crippen LogP contribution in [0, 0.1) is 5.82 Å². The van der Waals surface area contributed by atoms with E-state index < -0.39 is 11.9 Å². The zero-order chi connectivity index (χ0) is 14.3. The monoisotopic (exact) mass is 354 g/mol. The third-order valence-electron chi connectivity index (χ3n) is 3.05. The number of hydrogen-bond acceptors (Lipinski definition) is 2. The summed E-state index contributed by atoms with van der Waals surface area (Å²) in [4.78, 5) is 0. The topological polar surface area (TPSA) is 29.5 Å². The molecule has 0 spiro atoms. The average molecular weight is 356 g/mol. The lowest BCUT2D eigenvalue weighted by Gasteiger charge is -2.25. The van der Waals surface area contributed by atoms with Gasteiger partial charge in [0.1, 0.15) is 17.3 Å². The average Bonchev–Trinajstić information content (AvgIpc) is 2.39. The lowest BCUT2D eigenvalue weighted by atomic mass is 10.0. The molecular weight excluding hydrogens is 347 g/mol. The van der Waals surface area contributed by atoms with Crippen LogP contribution in [0.25, 0.3) is 6.08 Å². The maximum absolute atomic E-state index is 14.0. The van der Waals surface area contributed by atoms with E-state index in [0.717, 1.165) is 10.0 Å². The van der Waals surface area contributed by atoms with E-state index in [1.807, 2.05) is 18.2 Å². The van der Waals surface area contributed by atoms with Crippen LogP contribution >= 0.6 is 27.5 Å². The quantitative estimate of drug-likeness (QED) is 0.754. The van der Waals surface area contributed by atoms with Gasteiger partial charge in [-0.25, -0.2) is 4.39 Å². The number of para-hydroxylation sites is 1. The highest BCUT2D eigenvalue weighted by Crippen LogP contribution is 2.41. The molecule has 0 aromatic heterocycles. The Bertz CT molecular complexity index is 715. The number of fused-ring (bicyclic) bond motifs is 1. The highest BCUT2D eigenvalue weighted by atomic mass is 79.9. The van der Waals surface area contributed by atoms with Gasteiger partial charge >= 0.3 is 0 Å². The predicted molar refractivity (Wildman–Crippen MR) is 79.5 cm³/mol. The summed E-state index contributed by atoms with van der Waals surface area (Å²) in [7, 11) is 0. The van der Waals surface area contributed by atoms with Crippen LogP contribution in [0.4, 0.5) is 4.39 Å². The minimum absolute atomic E-state index is 0.0446. The van der Waals surface area contributed by atoms with Gasteiger partial charge in [0.2, 0.25) is 0 Å². The van der Waals surface area contributed by atoms with Crippen LogP contribution in [0.15, 0.2) is 46.6 Å². The van der Waals surface area contributed by atoms with Crippen LogP contribution in [0.5, 0.6) is 5.75 Å². The van der Waals surface area contributed by atoms with Crippen molar-refractivity contribution in [2.45, 2.75) is 6.10 Å². The smallest absolute Gasteiger partial charge is 0.183 e. The van der Waals surface area contributed by atoms with E-state index in [1.165, 1.54) is 12.1 Å². The fraction of sp³-hybridized carbons (Fsp3) is 0.0667. The van der Waals surface area contributed by atoms with Crippen molar-refractivity contribution in [3.63, 3.8) is 0 Å². The number of ether oxygens (including phenoxy) is 1. The molecule has 5 heteroatoms. The van der Waals surface area contributed by atoms with Crippen molar-refractivity contribution in [3.05, 3.63) is 68.6 Å². The molecule has 2 nitrogen and oxygen atoms in total. The lowest BCUT2D eigenvalue weighted by Crippen LogP contribution is -2.16. The summed E-state index contributed by atoms with van der Waals surface area (Å²) in [5.74, 6) is 0.0134. The summed E-state index contributed by atoms with van der Waals surface area (Å²) in [6.45, 7) is 0. The Morgan fingerprint density at radius 2 is 2.05 bits per heavy atom. The molecule has 1 heterocycles. The molecule has 0 saturated heterocycles. The number of hydrogen-bond donors (Lipinski definition) is 1.